The zero-order valence-electron chi connectivity index (χ0n) is 14.7. The van der Waals surface area contributed by atoms with E-state index in [0.717, 1.165) is 29.7 Å². The Labute approximate surface area is 148 Å². The predicted molar refractivity (Wildman–Crippen MR) is 98.4 cm³/mol. The molecule has 0 aliphatic carbocycles. The van der Waals surface area contributed by atoms with Crippen LogP contribution in [0.1, 0.15) is 34.8 Å². The first-order chi connectivity index (χ1) is 12.0. The number of nitrogens with one attached hydrogen (secondary N) is 2. The van der Waals surface area contributed by atoms with Gasteiger partial charge in [-0.15, -0.1) is 0 Å². The summed E-state index contributed by atoms with van der Waals surface area (Å²) in [5, 5.41) is 14.9. The van der Waals surface area contributed by atoms with Crippen LogP contribution in [-0.4, -0.2) is 30.2 Å². The molecule has 0 aliphatic heterocycles. The lowest BCUT2D eigenvalue weighted by atomic mass is 10.0. The summed E-state index contributed by atoms with van der Waals surface area (Å²) < 4.78 is 12.9. The molecule has 0 heterocycles. The number of carbonyl (C=O) groups excluding carboxylic acids is 1. The van der Waals surface area contributed by atoms with Gasteiger partial charge in [-0.2, -0.15) is 0 Å². The average Bonchev–Trinajstić information content (AvgIpc) is 2.61. The smallest absolute Gasteiger partial charge is 0.251 e. The highest BCUT2D eigenvalue weighted by Crippen LogP contribution is 2.21. The van der Waals surface area contributed by atoms with Gasteiger partial charge in [-0.25, -0.2) is 4.39 Å². The van der Waals surface area contributed by atoms with Gasteiger partial charge in [0.15, 0.2) is 0 Å². The monoisotopic (exact) mass is 344 g/mol. The van der Waals surface area contributed by atoms with E-state index in [1.54, 1.807) is 18.2 Å². The molecule has 2 aromatic rings. The van der Waals surface area contributed by atoms with E-state index >= 15 is 0 Å². The minimum Gasteiger partial charge on any atom is -0.395 e. The van der Waals surface area contributed by atoms with Gasteiger partial charge in [0.05, 0.1) is 6.61 Å². The van der Waals surface area contributed by atoms with Gasteiger partial charge in [0.25, 0.3) is 5.91 Å². The van der Waals surface area contributed by atoms with Crippen molar-refractivity contribution in [2.45, 2.75) is 32.7 Å². The number of anilines is 1. The summed E-state index contributed by atoms with van der Waals surface area (Å²) in [5.74, 6) is -0.406. The number of amides is 1. The molecule has 134 valence electrons. The number of rotatable bonds is 8. The van der Waals surface area contributed by atoms with Gasteiger partial charge < -0.3 is 15.7 Å². The van der Waals surface area contributed by atoms with Gasteiger partial charge in [-0.3, -0.25) is 4.79 Å². The Bertz CT molecular complexity index is 701. The number of aliphatic hydroxyl groups excluding tert-OH is 1. The van der Waals surface area contributed by atoms with Crippen LogP contribution in [0.15, 0.2) is 42.5 Å². The van der Waals surface area contributed by atoms with Crippen molar-refractivity contribution in [2.24, 2.45) is 0 Å². The van der Waals surface area contributed by atoms with Crippen molar-refractivity contribution in [1.82, 2.24) is 5.32 Å². The highest BCUT2D eigenvalue weighted by atomic mass is 19.1. The maximum absolute atomic E-state index is 12.9. The van der Waals surface area contributed by atoms with Crippen molar-refractivity contribution in [2.75, 3.05) is 18.5 Å². The first-order valence-corrected chi connectivity index (χ1v) is 8.51. The van der Waals surface area contributed by atoms with E-state index in [2.05, 4.69) is 17.6 Å². The summed E-state index contributed by atoms with van der Waals surface area (Å²) >= 11 is 0. The van der Waals surface area contributed by atoms with Crippen LogP contribution in [-0.2, 0) is 6.42 Å². The maximum atomic E-state index is 12.9. The highest BCUT2D eigenvalue weighted by molar-refractivity contribution is 5.97. The topological polar surface area (TPSA) is 61.4 Å². The van der Waals surface area contributed by atoms with Gasteiger partial charge in [0.2, 0.25) is 0 Å². The molecular formula is C20H25FN2O2. The van der Waals surface area contributed by atoms with Gasteiger partial charge >= 0.3 is 0 Å². The predicted octanol–water partition coefficient (Wildman–Crippen LogP) is 3.29. The minimum atomic E-state index is -0.221. The third kappa shape index (κ3) is 5.57. The summed E-state index contributed by atoms with van der Waals surface area (Å²) in [5.41, 5.74) is 3.50. The fraction of sp³-hybridized carbons (Fsp3) is 0.350. The van der Waals surface area contributed by atoms with E-state index in [9.17, 15) is 9.18 Å². The zero-order chi connectivity index (χ0) is 18.2. The van der Waals surface area contributed by atoms with Crippen LogP contribution in [0, 0.1) is 12.7 Å². The second-order valence-electron chi connectivity index (χ2n) is 6.17. The Hall–Kier alpha value is -2.40. The maximum Gasteiger partial charge on any atom is 0.251 e. The van der Waals surface area contributed by atoms with Crippen molar-refractivity contribution in [3.8, 4) is 0 Å². The molecular weight excluding hydrogens is 319 g/mol. The summed E-state index contributed by atoms with van der Waals surface area (Å²) in [7, 11) is 0. The fourth-order valence-corrected chi connectivity index (χ4v) is 2.67. The van der Waals surface area contributed by atoms with Crippen LogP contribution in [0.25, 0.3) is 0 Å². The van der Waals surface area contributed by atoms with Crippen LogP contribution < -0.4 is 10.6 Å². The average molecular weight is 344 g/mol. The lowest BCUT2D eigenvalue weighted by Crippen LogP contribution is -2.27. The molecule has 1 amide bonds. The number of aliphatic hydroxyl groups is 1. The van der Waals surface area contributed by atoms with E-state index < -0.39 is 0 Å². The molecule has 3 N–H and O–H groups in total. The molecule has 0 bridgehead atoms. The molecule has 0 radical (unpaired) electrons. The molecule has 1 atom stereocenters. The van der Waals surface area contributed by atoms with Crippen molar-refractivity contribution in [1.29, 1.82) is 0 Å². The van der Waals surface area contributed by atoms with E-state index in [0.29, 0.717) is 5.56 Å². The van der Waals surface area contributed by atoms with Crippen molar-refractivity contribution < 1.29 is 14.3 Å². The number of aryl methyl sites for hydroxylation is 1. The SMILES string of the molecule is Cc1c(NC(C)CCc2ccc(F)cc2)cccc1C(=O)NCCO. The zero-order valence-corrected chi connectivity index (χ0v) is 14.7. The molecule has 0 spiro atoms. The third-order valence-electron chi connectivity index (χ3n) is 4.16. The van der Waals surface area contributed by atoms with Crippen LogP contribution in [0.5, 0.6) is 0 Å². The number of hydrogen-bond acceptors (Lipinski definition) is 3. The van der Waals surface area contributed by atoms with E-state index in [-0.39, 0.29) is 30.9 Å². The van der Waals surface area contributed by atoms with Gasteiger partial charge in [0, 0.05) is 23.8 Å². The Balaban J connectivity index is 1.96. The highest BCUT2D eigenvalue weighted by Gasteiger charge is 2.12. The van der Waals surface area contributed by atoms with E-state index in [1.807, 2.05) is 19.1 Å². The van der Waals surface area contributed by atoms with Crippen molar-refractivity contribution >= 4 is 11.6 Å². The Kier molecular flexibility index (Phi) is 6.95. The van der Waals surface area contributed by atoms with E-state index in [4.69, 9.17) is 5.11 Å². The van der Waals surface area contributed by atoms with Crippen LogP contribution in [0.4, 0.5) is 10.1 Å². The standard InChI is InChI=1S/C20H25FN2O2/c1-14(6-7-16-8-10-17(21)11-9-16)23-19-5-3-4-18(15(19)2)20(25)22-12-13-24/h3-5,8-11,14,23-24H,6-7,12-13H2,1-2H3,(H,22,25). The second kappa shape index (κ2) is 9.18. The summed E-state index contributed by atoms with van der Waals surface area (Å²) in [6, 6.07) is 12.3. The van der Waals surface area contributed by atoms with Gasteiger partial charge in [-0.1, -0.05) is 18.2 Å². The number of benzene rings is 2. The third-order valence-corrected chi connectivity index (χ3v) is 4.16. The normalized spacial score (nSPS) is 11.8. The molecule has 4 nitrogen and oxygen atoms in total. The molecule has 5 heteroatoms. The Morgan fingerprint density at radius 3 is 2.60 bits per heavy atom. The molecule has 25 heavy (non-hydrogen) atoms. The molecule has 1 unspecified atom stereocenters. The molecule has 0 saturated carbocycles. The largest absolute Gasteiger partial charge is 0.395 e. The molecule has 2 rings (SSSR count). The van der Waals surface area contributed by atoms with Crippen LogP contribution >= 0.6 is 0 Å². The minimum absolute atomic E-state index is 0.0802. The Morgan fingerprint density at radius 1 is 1.20 bits per heavy atom. The molecule has 2 aromatic carbocycles. The number of hydrogen-bond donors (Lipinski definition) is 3. The summed E-state index contributed by atoms with van der Waals surface area (Å²) in [6.45, 7) is 4.15. The lowest BCUT2D eigenvalue weighted by molar-refractivity contribution is 0.0944. The molecule has 0 aliphatic rings. The summed E-state index contributed by atoms with van der Waals surface area (Å²) in [6.07, 6.45) is 1.75. The van der Waals surface area contributed by atoms with Gasteiger partial charge in [0.1, 0.15) is 5.82 Å². The number of carbonyl (C=O) groups is 1. The molecule has 0 saturated heterocycles. The van der Waals surface area contributed by atoms with Crippen molar-refractivity contribution in [3.05, 3.63) is 65.0 Å². The first kappa shape index (κ1) is 18.9. The van der Waals surface area contributed by atoms with Crippen LogP contribution in [0.2, 0.25) is 0 Å². The second-order valence-corrected chi connectivity index (χ2v) is 6.17. The lowest BCUT2D eigenvalue weighted by Gasteiger charge is -2.18. The van der Waals surface area contributed by atoms with Crippen molar-refractivity contribution in [3.63, 3.8) is 0 Å². The molecule has 0 aromatic heterocycles. The Morgan fingerprint density at radius 2 is 1.92 bits per heavy atom. The fourth-order valence-electron chi connectivity index (χ4n) is 2.67. The molecule has 0 fully saturated rings. The van der Waals surface area contributed by atoms with Gasteiger partial charge in [-0.05, 0) is 62.1 Å². The number of halogens is 1. The van der Waals surface area contributed by atoms with E-state index in [1.165, 1.54) is 12.1 Å². The van der Waals surface area contributed by atoms with Crippen LogP contribution in [0.3, 0.4) is 0 Å². The summed E-state index contributed by atoms with van der Waals surface area (Å²) in [4.78, 5) is 12.1. The first-order valence-electron chi connectivity index (χ1n) is 8.51. The quantitative estimate of drug-likeness (QED) is 0.689.